The molecule has 1 aliphatic heterocycles. The number of carboxylic acid groups (broad SMARTS) is 1. The number of para-hydroxylation sites is 1. The quantitative estimate of drug-likeness (QED) is 0.454. The second kappa shape index (κ2) is 8.46. The molecule has 0 bridgehead atoms. The summed E-state index contributed by atoms with van der Waals surface area (Å²) in [4.78, 5) is 19.3. The van der Waals surface area contributed by atoms with E-state index >= 15 is 0 Å². The number of benzene rings is 2. The Balaban J connectivity index is 1.32. The summed E-state index contributed by atoms with van der Waals surface area (Å²) in [6.45, 7) is 1.70. The lowest BCUT2D eigenvalue weighted by atomic mass is 10.2. The lowest BCUT2D eigenvalue weighted by Crippen LogP contribution is -2.03. The van der Waals surface area contributed by atoms with E-state index in [0.717, 1.165) is 23.5 Å². The van der Waals surface area contributed by atoms with Crippen LogP contribution in [0.5, 0.6) is 23.0 Å². The molecule has 32 heavy (non-hydrogen) atoms. The number of nitrogens with zero attached hydrogens (tertiary/aromatic N) is 2. The van der Waals surface area contributed by atoms with E-state index < -0.39 is 5.97 Å². The molecule has 162 valence electrons. The number of carboxylic acids is 1. The fourth-order valence-electron chi connectivity index (χ4n) is 3.34. The van der Waals surface area contributed by atoms with Crippen molar-refractivity contribution in [1.82, 2.24) is 9.97 Å². The molecule has 5 rings (SSSR count). The molecule has 4 aromatic rings. The largest absolute Gasteiger partial charge is 0.490 e. The fourth-order valence-corrected chi connectivity index (χ4v) is 3.34. The van der Waals surface area contributed by atoms with E-state index in [2.05, 4.69) is 15.3 Å². The highest BCUT2D eigenvalue weighted by Gasteiger charge is 2.15. The standard InChI is InChI=1S/C23H19N3O6/c27-22(28)18-11-16(7-8-24-18)31-15-5-6-17-20(12-15)32-23(26-17)25-13-14-3-1-4-19-21(14)30-10-2-9-29-19/h1,3-8,11-12H,2,9-10,13H2,(H,25,26)(H,27,28). The van der Waals surface area contributed by atoms with Crippen LogP contribution in [-0.2, 0) is 6.54 Å². The van der Waals surface area contributed by atoms with Gasteiger partial charge in [-0.05, 0) is 24.3 Å². The van der Waals surface area contributed by atoms with Crippen molar-refractivity contribution in [2.75, 3.05) is 18.5 Å². The van der Waals surface area contributed by atoms with Crippen LogP contribution in [-0.4, -0.2) is 34.3 Å². The SMILES string of the molecule is O=C(O)c1cc(Oc2ccc3nc(NCc4cccc5c4OCCCO5)oc3c2)ccn1. The summed E-state index contributed by atoms with van der Waals surface area (Å²) < 4.78 is 23.1. The van der Waals surface area contributed by atoms with Crippen molar-refractivity contribution in [2.24, 2.45) is 0 Å². The maximum Gasteiger partial charge on any atom is 0.354 e. The molecule has 0 amide bonds. The van der Waals surface area contributed by atoms with Gasteiger partial charge in [0.15, 0.2) is 22.8 Å². The zero-order chi connectivity index (χ0) is 21.9. The van der Waals surface area contributed by atoms with Gasteiger partial charge in [-0.3, -0.25) is 0 Å². The number of aromatic nitrogens is 2. The molecular formula is C23H19N3O6. The molecule has 0 atom stereocenters. The number of pyridine rings is 1. The van der Waals surface area contributed by atoms with E-state index in [9.17, 15) is 4.79 Å². The minimum absolute atomic E-state index is 0.0945. The number of oxazole rings is 1. The molecule has 9 nitrogen and oxygen atoms in total. The van der Waals surface area contributed by atoms with Crippen LogP contribution in [0, 0.1) is 0 Å². The van der Waals surface area contributed by atoms with Crippen molar-refractivity contribution in [2.45, 2.75) is 13.0 Å². The van der Waals surface area contributed by atoms with Crippen LogP contribution in [0.4, 0.5) is 6.01 Å². The molecule has 0 saturated carbocycles. The second-order valence-corrected chi connectivity index (χ2v) is 7.08. The molecule has 0 saturated heterocycles. The van der Waals surface area contributed by atoms with Crippen molar-refractivity contribution >= 4 is 23.1 Å². The molecule has 2 aromatic heterocycles. The molecule has 9 heteroatoms. The minimum Gasteiger partial charge on any atom is -0.490 e. The van der Waals surface area contributed by atoms with Crippen LogP contribution in [0.2, 0.25) is 0 Å². The molecule has 0 fully saturated rings. The number of nitrogens with one attached hydrogen (secondary N) is 1. The summed E-state index contributed by atoms with van der Waals surface area (Å²) in [6, 6.07) is 14.3. The average molecular weight is 433 g/mol. The maximum absolute atomic E-state index is 11.1. The Hall–Kier alpha value is -4.27. The van der Waals surface area contributed by atoms with Crippen LogP contribution in [0.3, 0.4) is 0 Å². The fraction of sp³-hybridized carbons (Fsp3) is 0.174. The van der Waals surface area contributed by atoms with Crippen molar-refractivity contribution in [3.63, 3.8) is 0 Å². The van der Waals surface area contributed by atoms with Crippen LogP contribution >= 0.6 is 0 Å². The number of hydrogen-bond donors (Lipinski definition) is 2. The molecule has 1 aliphatic rings. The Bertz CT molecular complexity index is 1290. The summed E-state index contributed by atoms with van der Waals surface area (Å²) in [7, 11) is 0. The van der Waals surface area contributed by atoms with Gasteiger partial charge in [-0.25, -0.2) is 9.78 Å². The van der Waals surface area contributed by atoms with Gasteiger partial charge in [0.25, 0.3) is 6.01 Å². The first-order valence-corrected chi connectivity index (χ1v) is 10.0. The Labute approximate surface area is 182 Å². The maximum atomic E-state index is 11.1. The Morgan fingerprint density at radius 2 is 1.97 bits per heavy atom. The molecule has 2 N–H and O–H groups in total. The Morgan fingerprint density at radius 1 is 1.09 bits per heavy atom. The average Bonchev–Trinajstić information content (AvgIpc) is 3.04. The highest BCUT2D eigenvalue weighted by Crippen LogP contribution is 2.34. The van der Waals surface area contributed by atoms with Crippen LogP contribution in [0.1, 0.15) is 22.5 Å². The number of hydrogen-bond acceptors (Lipinski definition) is 8. The summed E-state index contributed by atoms with van der Waals surface area (Å²) in [5.41, 5.74) is 2.04. The van der Waals surface area contributed by atoms with E-state index in [4.69, 9.17) is 23.7 Å². The van der Waals surface area contributed by atoms with Crippen molar-refractivity contribution in [3.05, 3.63) is 66.0 Å². The Kier molecular flexibility index (Phi) is 5.20. The third kappa shape index (κ3) is 4.13. The van der Waals surface area contributed by atoms with Crippen LogP contribution < -0.4 is 19.5 Å². The lowest BCUT2D eigenvalue weighted by molar-refractivity contribution is 0.0690. The first-order chi connectivity index (χ1) is 15.7. The van der Waals surface area contributed by atoms with Gasteiger partial charge in [-0.2, -0.15) is 4.98 Å². The lowest BCUT2D eigenvalue weighted by Gasteiger charge is -2.12. The molecule has 3 heterocycles. The first kappa shape index (κ1) is 19.7. The van der Waals surface area contributed by atoms with Gasteiger partial charge in [0.2, 0.25) is 0 Å². The molecular weight excluding hydrogens is 414 g/mol. The predicted octanol–water partition coefficient (Wildman–Crippen LogP) is 4.49. The van der Waals surface area contributed by atoms with E-state index in [-0.39, 0.29) is 5.69 Å². The van der Waals surface area contributed by atoms with Crippen molar-refractivity contribution in [1.29, 1.82) is 0 Å². The van der Waals surface area contributed by atoms with Gasteiger partial charge in [0.1, 0.15) is 17.0 Å². The third-order valence-corrected chi connectivity index (χ3v) is 4.83. The van der Waals surface area contributed by atoms with Gasteiger partial charge in [-0.1, -0.05) is 12.1 Å². The highest BCUT2D eigenvalue weighted by molar-refractivity contribution is 5.85. The second-order valence-electron chi connectivity index (χ2n) is 7.08. The topological polar surface area (TPSA) is 116 Å². The highest BCUT2D eigenvalue weighted by atomic mass is 16.5. The number of fused-ring (bicyclic) bond motifs is 2. The zero-order valence-corrected chi connectivity index (χ0v) is 16.9. The van der Waals surface area contributed by atoms with E-state index in [1.165, 1.54) is 12.3 Å². The molecule has 0 unspecified atom stereocenters. The number of carbonyl (C=O) groups is 1. The third-order valence-electron chi connectivity index (χ3n) is 4.83. The smallest absolute Gasteiger partial charge is 0.354 e. The van der Waals surface area contributed by atoms with Gasteiger partial charge in [-0.15, -0.1) is 0 Å². The van der Waals surface area contributed by atoms with Crippen LogP contribution in [0.15, 0.2) is 59.1 Å². The summed E-state index contributed by atoms with van der Waals surface area (Å²) in [6.07, 6.45) is 2.22. The number of aromatic carboxylic acids is 1. The summed E-state index contributed by atoms with van der Waals surface area (Å²) in [5, 5.41) is 12.3. The summed E-state index contributed by atoms with van der Waals surface area (Å²) in [5.74, 6) is 1.21. The minimum atomic E-state index is -1.12. The molecule has 0 spiro atoms. The predicted molar refractivity (Wildman–Crippen MR) is 115 cm³/mol. The molecule has 2 aromatic carbocycles. The van der Waals surface area contributed by atoms with Crippen LogP contribution in [0.25, 0.3) is 11.1 Å². The number of anilines is 1. The van der Waals surface area contributed by atoms with E-state index in [1.54, 1.807) is 24.3 Å². The normalized spacial score (nSPS) is 12.9. The first-order valence-electron chi connectivity index (χ1n) is 10.0. The van der Waals surface area contributed by atoms with Gasteiger partial charge in [0, 0.05) is 36.9 Å². The summed E-state index contributed by atoms with van der Waals surface area (Å²) >= 11 is 0. The van der Waals surface area contributed by atoms with Gasteiger partial charge >= 0.3 is 5.97 Å². The van der Waals surface area contributed by atoms with E-state index in [1.807, 2.05) is 18.2 Å². The number of ether oxygens (including phenoxy) is 3. The van der Waals surface area contributed by atoms with Gasteiger partial charge < -0.3 is 29.1 Å². The van der Waals surface area contributed by atoms with E-state index in [0.29, 0.717) is 48.4 Å². The Morgan fingerprint density at radius 3 is 2.88 bits per heavy atom. The van der Waals surface area contributed by atoms with Gasteiger partial charge in [0.05, 0.1) is 13.2 Å². The zero-order valence-electron chi connectivity index (χ0n) is 16.9. The monoisotopic (exact) mass is 433 g/mol. The van der Waals surface area contributed by atoms with Crippen molar-refractivity contribution < 1.29 is 28.5 Å². The van der Waals surface area contributed by atoms with Crippen molar-refractivity contribution in [3.8, 4) is 23.0 Å². The molecule has 0 aliphatic carbocycles. The molecule has 0 radical (unpaired) electrons. The number of rotatable bonds is 6.